The molecule has 10 heteroatoms. The highest BCUT2D eigenvalue weighted by atomic mass is 16.5. The first-order chi connectivity index (χ1) is 18.5. The van der Waals surface area contributed by atoms with Gasteiger partial charge in [0.1, 0.15) is 12.2 Å². The van der Waals surface area contributed by atoms with E-state index in [4.69, 9.17) is 14.2 Å². The van der Waals surface area contributed by atoms with E-state index in [1.54, 1.807) is 23.1 Å². The SMILES string of the molecule is COc1cc(CO)cc2c1OC1C2C(C(=O)NCCO)=CC(N(C(=O)C2CCOC2)C2CCCCC2)C1O. The van der Waals surface area contributed by atoms with Crippen LogP contribution in [0.1, 0.15) is 55.6 Å². The predicted molar refractivity (Wildman–Crippen MR) is 137 cm³/mol. The number of hydrogen-bond acceptors (Lipinski definition) is 8. The molecule has 1 aromatic carbocycles. The summed E-state index contributed by atoms with van der Waals surface area (Å²) in [5, 5.41) is 33.7. The van der Waals surface area contributed by atoms with Crippen LogP contribution in [0.15, 0.2) is 23.8 Å². The van der Waals surface area contributed by atoms with E-state index in [1.807, 2.05) is 0 Å². The predicted octanol–water partition coefficient (Wildman–Crippen LogP) is 1.01. The van der Waals surface area contributed by atoms with Gasteiger partial charge in [-0.1, -0.05) is 19.3 Å². The lowest BCUT2D eigenvalue weighted by Crippen LogP contribution is -2.59. The van der Waals surface area contributed by atoms with E-state index >= 15 is 0 Å². The maximum Gasteiger partial charge on any atom is 0.247 e. The standard InChI is InChI=1S/C28H38N2O8/c1-36-22-12-16(14-32)11-19-23-20(27(34)29-8-9-31)13-21(24(33)26(23)38-25(19)22)30(18-5-3-2-4-6-18)28(35)17-7-10-37-15-17/h11-13,17-18,21,23-24,26,31-33H,2-10,14-15H2,1H3,(H,29,34). The zero-order chi connectivity index (χ0) is 26.8. The van der Waals surface area contributed by atoms with Crippen molar-refractivity contribution in [1.82, 2.24) is 10.2 Å². The molecule has 2 heterocycles. The third kappa shape index (κ3) is 4.90. The van der Waals surface area contributed by atoms with Gasteiger partial charge in [-0.05, 0) is 43.0 Å². The zero-order valence-corrected chi connectivity index (χ0v) is 21.8. The van der Waals surface area contributed by atoms with Crippen molar-refractivity contribution >= 4 is 11.8 Å². The summed E-state index contributed by atoms with van der Waals surface area (Å²) < 4.78 is 17.4. The van der Waals surface area contributed by atoms with Crippen molar-refractivity contribution in [2.24, 2.45) is 5.92 Å². The number of carbonyl (C=O) groups excluding carboxylic acids is 2. The molecular weight excluding hydrogens is 492 g/mol. The van der Waals surface area contributed by atoms with Crippen LogP contribution in [0.5, 0.6) is 11.5 Å². The molecule has 0 bridgehead atoms. The molecule has 1 aromatic rings. The Kier molecular flexibility index (Phi) is 8.23. The van der Waals surface area contributed by atoms with Gasteiger partial charge >= 0.3 is 0 Å². The van der Waals surface area contributed by atoms with Crippen molar-refractivity contribution in [1.29, 1.82) is 0 Å². The van der Waals surface area contributed by atoms with Crippen LogP contribution in [0.2, 0.25) is 0 Å². The Morgan fingerprint density at radius 1 is 1.16 bits per heavy atom. The highest BCUT2D eigenvalue weighted by Crippen LogP contribution is 2.52. The van der Waals surface area contributed by atoms with Gasteiger partial charge in [0.25, 0.3) is 0 Å². The second-order valence-electron chi connectivity index (χ2n) is 10.6. The summed E-state index contributed by atoms with van der Waals surface area (Å²) >= 11 is 0. The van der Waals surface area contributed by atoms with E-state index in [-0.39, 0.29) is 37.6 Å². The summed E-state index contributed by atoms with van der Waals surface area (Å²) in [5.41, 5.74) is 1.60. The molecule has 10 nitrogen and oxygen atoms in total. The smallest absolute Gasteiger partial charge is 0.247 e. The van der Waals surface area contributed by atoms with Gasteiger partial charge < -0.3 is 39.7 Å². The largest absolute Gasteiger partial charge is 0.493 e. The molecule has 5 unspecified atom stereocenters. The third-order valence-electron chi connectivity index (χ3n) is 8.32. The molecule has 5 atom stereocenters. The monoisotopic (exact) mass is 530 g/mol. The number of amides is 2. The highest BCUT2D eigenvalue weighted by molar-refractivity contribution is 5.96. The normalized spacial score (nSPS) is 28.6. The zero-order valence-electron chi connectivity index (χ0n) is 21.8. The lowest BCUT2D eigenvalue weighted by atomic mass is 9.76. The van der Waals surface area contributed by atoms with Crippen LogP contribution in [-0.4, -0.2) is 89.8 Å². The number of ether oxygens (including phenoxy) is 3. The molecule has 208 valence electrons. The second-order valence-corrected chi connectivity index (χ2v) is 10.6. The van der Waals surface area contributed by atoms with Crippen LogP contribution >= 0.6 is 0 Å². The van der Waals surface area contributed by atoms with Crippen molar-refractivity contribution in [2.45, 2.75) is 75.3 Å². The summed E-state index contributed by atoms with van der Waals surface area (Å²) in [6, 6.07) is 2.63. The molecule has 1 saturated heterocycles. The fourth-order valence-corrected chi connectivity index (χ4v) is 6.46. The van der Waals surface area contributed by atoms with E-state index in [1.165, 1.54) is 7.11 Å². The van der Waals surface area contributed by atoms with Gasteiger partial charge in [0.15, 0.2) is 11.5 Å². The molecule has 1 saturated carbocycles. The number of aliphatic hydroxyl groups excluding tert-OH is 3. The van der Waals surface area contributed by atoms with Crippen LogP contribution in [-0.2, 0) is 20.9 Å². The molecule has 38 heavy (non-hydrogen) atoms. The fourth-order valence-electron chi connectivity index (χ4n) is 6.46. The second kappa shape index (κ2) is 11.6. The van der Waals surface area contributed by atoms with E-state index in [9.17, 15) is 24.9 Å². The molecule has 5 rings (SSSR count). The number of aliphatic hydroxyl groups is 3. The van der Waals surface area contributed by atoms with Crippen LogP contribution in [0.3, 0.4) is 0 Å². The Balaban J connectivity index is 1.59. The van der Waals surface area contributed by atoms with Crippen LogP contribution < -0.4 is 14.8 Å². The Hall–Kier alpha value is -2.66. The average molecular weight is 531 g/mol. The Morgan fingerprint density at radius 2 is 1.95 bits per heavy atom. The molecular formula is C28H38N2O8. The van der Waals surface area contributed by atoms with Crippen molar-refractivity contribution in [3.8, 4) is 11.5 Å². The third-order valence-corrected chi connectivity index (χ3v) is 8.32. The molecule has 0 radical (unpaired) electrons. The summed E-state index contributed by atoms with van der Waals surface area (Å²) in [6.45, 7) is 0.508. The lowest BCUT2D eigenvalue weighted by Gasteiger charge is -2.45. The van der Waals surface area contributed by atoms with Crippen molar-refractivity contribution in [2.75, 3.05) is 33.5 Å². The van der Waals surface area contributed by atoms with E-state index < -0.39 is 30.1 Å². The van der Waals surface area contributed by atoms with Gasteiger partial charge in [-0.3, -0.25) is 9.59 Å². The average Bonchev–Trinajstić information content (AvgIpc) is 3.62. The minimum atomic E-state index is -1.10. The van der Waals surface area contributed by atoms with Crippen molar-refractivity contribution in [3.63, 3.8) is 0 Å². The van der Waals surface area contributed by atoms with Crippen molar-refractivity contribution < 1.29 is 39.1 Å². The molecule has 2 aliphatic heterocycles. The number of nitrogens with zero attached hydrogens (tertiary/aromatic N) is 1. The van der Waals surface area contributed by atoms with Gasteiger partial charge in [0, 0.05) is 30.3 Å². The van der Waals surface area contributed by atoms with Gasteiger partial charge in [0.05, 0.1) is 44.8 Å². The molecule has 4 aliphatic rings. The minimum absolute atomic E-state index is 0.0506. The first-order valence-corrected chi connectivity index (χ1v) is 13.7. The minimum Gasteiger partial charge on any atom is -0.493 e. The van der Waals surface area contributed by atoms with E-state index in [0.717, 1.165) is 32.1 Å². The number of carbonyl (C=O) groups is 2. The van der Waals surface area contributed by atoms with Crippen LogP contribution in [0, 0.1) is 5.92 Å². The van der Waals surface area contributed by atoms with E-state index in [0.29, 0.717) is 47.8 Å². The maximum absolute atomic E-state index is 13.9. The topological polar surface area (TPSA) is 138 Å². The van der Waals surface area contributed by atoms with E-state index in [2.05, 4.69) is 5.32 Å². The Morgan fingerprint density at radius 3 is 2.61 bits per heavy atom. The first kappa shape index (κ1) is 26.9. The number of hydrogen-bond donors (Lipinski definition) is 4. The molecule has 4 N–H and O–H groups in total. The van der Waals surface area contributed by atoms with Gasteiger partial charge in [-0.25, -0.2) is 0 Å². The van der Waals surface area contributed by atoms with Gasteiger partial charge in [-0.2, -0.15) is 0 Å². The van der Waals surface area contributed by atoms with Gasteiger partial charge in [0.2, 0.25) is 11.8 Å². The Labute approximate surface area is 222 Å². The number of fused-ring (bicyclic) bond motifs is 3. The van der Waals surface area contributed by atoms with Crippen LogP contribution in [0.25, 0.3) is 0 Å². The first-order valence-electron chi connectivity index (χ1n) is 13.7. The number of methoxy groups -OCH3 is 1. The number of rotatable bonds is 8. The summed E-state index contributed by atoms with van der Waals surface area (Å²) in [4.78, 5) is 29.2. The van der Waals surface area contributed by atoms with Crippen molar-refractivity contribution in [3.05, 3.63) is 34.9 Å². The maximum atomic E-state index is 13.9. The summed E-state index contributed by atoms with van der Waals surface area (Å²) in [7, 11) is 1.50. The lowest BCUT2D eigenvalue weighted by molar-refractivity contribution is -0.145. The summed E-state index contributed by atoms with van der Waals surface area (Å²) in [6.07, 6.45) is 5.21. The molecule has 2 aliphatic carbocycles. The molecule has 0 spiro atoms. The Bertz CT molecular complexity index is 1060. The molecule has 2 amide bonds. The quantitative estimate of drug-likeness (QED) is 0.391. The fraction of sp³-hybridized carbons (Fsp3) is 0.643. The number of benzene rings is 1. The summed E-state index contributed by atoms with van der Waals surface area (Å²) in [5.74, 6) is -0.539. The number of nitrogens with one attached hydrogen (secondary N) is 1. The highest BCUT2D eigenvalue weighted by Gasteiger charge is 2.52. The molecule has 0 aromatic heterocycles. The molecule has 2 fully saturated rings. The van der Waals surface area contributed by atoms with Crippen LogP contribution in [0.4, 0.5) is 0 Å². The van der Waals surface area contributed by atoms with Gasteiger partial charge in [-0.15, -0.1) is 0 Å².